The first-order chi connectivity index (χ1) is 4.97. The fourth-order valence-electron chi connectivity index (χ4n) is 1.58. The molecule has 0 aromatic rings. The molecule has 0 atom stereocenters. The van der Waals surface area contributed by atoms with Crippen molar-refractivity contribution in [2.24, 2.45) is 0 Å². The van der Waals surface area contributed by atoms with Crippen molar-refractivity contribution in [1.82, 2.24) is 15.5 Å². The number of piperazine rings is 1. The minimum Gasteiger partial charge on any atom is -0.314 e. The third kappa shape index (κ3) is 4.19. The van der Waals surface area contributed by atoms with Crippen molar-refractivity contribution in [2.75, 3.05) is 39.3 Å². The molecule has 2 rings (SSSR count). The van der Waals surface area contributed by atoms with Crippen LogP contribution in [0.2, 0.25) is 0 Å². The van der Waals surface area contributed by atoms with Gasteiger partial charge in [0.1, 0.15) is 0 Å². The average molecular weight is 251 g/mol. The lowest BCUT2D eigenvalue weighted by molar-refractivity contribution is 0.129. The third-order valence-electron chi connectivity index (χ3n) is 2.43. The first kappa shape index (κ1) is 16.2. The molecule has 0 unspecified atom stereocenters. The van der Waals surface area contributed by atoms with Gasteiger partial charge in [0.05, 0.1) is 0 Å². The summed E-state index contributed by atoms with van der Waals surface area (Å²) in [7, 11) is 0. The molecule has 82 valence electrons. The van der Waals surface area contributed by atoms with Crippen LogP contribution in [0, 0.1) is 0 Å². The molecule has 0 radical (unpaired) electrons. The smallest absolute Gasteiger partial charge is 0.0346 e. The fourth-order valence-corrected chi connectivity index (χ4v) is 1.58. The molecule has 2 aliphatic heterocycles. The van der Waals surface area contributed by atoms with Crippen LogP contribution < -0.4 is 10.6 Å². The van der Waals surface area contributed by atoms with Gasteiger partial charge in [0.25, 0.3) is 0 Å². The fraction of sp³-hybridized carbons (Fsp3) is 1.00. The van der Waals surface area contributed by atoms with Gasteiger partial charge in [-0.3, -0.25) is 4.90 Å². The SMILES string of the molecule is C1CN(C2CNC2)CCN1.Cl.Cl.Cl. The highest BCUT2D eigenvalue weighted by Crippen LogP contribution is 2.04. The zero-order valence-corrected chi connectivity index (χ0v) is 9.94. The van der Waals surface area contributed by atoms with Crippen LogP contribution in [0.1, 0.15) is 0 Å². The van der Waals surface area contributed by atoms with E-state index in [0.29, 0.717) is 0 Å². The molecule has 2 fully saturated rings. The third-order valence-corrected chi connectivity index (χ3v) is 2.43. The van der Waals surface area contributed by atoms with E-state index in [1.165, 1.54) is 39.3 Å². The van der Waals surface area contributed by atoms with E-state index in [1.807, 2.05) is 0 Å². The lowest BCUT2D eigenvalue weighted by Crippen LogP contribution is -2.61. The minimum absolute atomic E-state index is 0. The van der Waals surface area contributed by atoms with E-state index in [1.54, 1.807) is 0 Å². The molecule has 3 nitrogen and oxygen atoms in total. The summed E-state index contributed by atoms with van der Waals surface area (Å²) >= 11 is 0. The van der Waals surface area contributed by atoms with Crippen LogP contribution in [0.25, 0.3) is 0 Å². The second kappa shape index (κ2) is 8.09. The predicted molar refractivity (Wildman–Crippen MR) is 62.8 cm³/mol. The van der Waals surface area contributed by atoms with E-state index in [0.717, 1.165) is 6.04 Å². The second-order valence-corrected chi connectivity index (χ2v) is 3.10. The summed E-state index contributed by atoms with van der Waals surface area (Å²) in [5, 5.41) is 6.65. The van der Waals surface area contributed by atoms with E-state index >= 15 is 0 Å². The number of hydrogen-bond acceptors (Lipinski definition) is 3. The molecule has 0 amide bonds. The van der Waals surface area contributed by atoms with E-state index in [2.05, 4.69) is 15.5 Å². The van der Waals surface area contributed by atoms with Crippen molar-refractivity contribution < 1.29 is 0 Å². The number of rotatable bonds is 1. The minimum atomic E-state index is 0. The van der Waals surface area contributed by atoms with E-state index in [-0.39, 0.29) is 37.2 Å². The van der Waals surface area contributed by atoms with Crippen molar-refractivity contribution in [3.8, 4) is 0 Å². The Hall–Kier alpha value is 0.750. The van der Waals surface area contributed by atoms with Crippen LogP contribution in [-0.2, 0) is 0 Å². The summed E-state index contributed by atoms with van der Waals surface area (Å²) in [6, 6.07) is 0.849. The predicted octanol–water partition coefficient (Wildman–Crippen LogP) is 0.129. The van der Waals surface area contributed by atoms with Crippen LogP contribution in [0.4, 0.5) is 0 Å². The molecule has 0 spiro atoms. The van der Waals surface area contributed by atoms with Gasteiger partial charge >= 0.3 is 0 Å². The highest BCUT2D eigenvalue weighted by molar-refractivity contribution is 5.86. The van der Waals surface area contributed by atoms with E-state index in [9.17, 15) is 0 Å². The van der Waals surface area contributed by atoms with Gasteiger partial charge in [-0.25, -0.2) is 0 Å². The maximum Gasteiger partial charge on any atom is 0.0346 e. The normalized spacial score (nSPS) is 23.1. The van der Waals surface area contributed by atoms with Crippen molar-refractivity contribution in [1.29, 1.82) is 0 Å². The Morgan fingerprint density at radius 3 is 1.77 bits per heavy atom. The molecule has 2 saturated heterocycles. The highest BCUT2D eigenvalue weighted by atomic mass is 35.5. The van der Waals surface area contributed by atoms with Crippen molar-refractivity contribution in [2.45, 2.75) is 6.04 Å². The molecule has 6 heteroatoms. The van der Waals surface area contributed by atoms with Crippen LogP contribution in [-0.4, -0.2) is 50.2 Å². The summed E-state index contributed by atoms with van der Waals surface area (Å²) in [5.41, 5.74) is 0. The standard InChI is InChI=1S/C7H15N3.3ClH/c1-3-10(4-2-8-1)7-5-9-6-7;;;/h7-9H,1-6H2;3*1H. The van der Waals surface area contributed by atoms with Crippen molar-refractivity contribution >= 4 is 37.2 Å². The number of halogens is 3. The summed E-state index contributed by atoms with van der Waals surface area (Å²) < 4.78 is 0. The quantitative estimate of drug-likeness (QED) is 0.693. The summed E-state index contributed by atoms with van der Waals surface area (Å²) in [6.45, 7) is 7.26. The first-order valence-electron chi connectivity index (χ1n) is 4.12. The monoisotopic (exact) mass is 249 g/mol. The highest BCUT2D eigenvalue weighted by Gasteiger charge is 2.24. The molecule has 2 aliphatic rings. The van der Waals surface area contributed by atoms with Crippen LogP contribution in [0.3, 0.4) is 0 Å². The van der Waals surface area contributed by atoms with Crippen LogP contribution >= 0.6 is 37.2 Å². The zero-order valence-electron chi connectivity index (χ0n) is 7.49. The van der Waals surface area contributed by atoms with E-state index in [4.69, 9.17) is 0 Å². The van der Waals surface area contributed by atoms with Gasteiger partial charge in [0, 0.05) is 45.3 Å². The molecule has 13 heavy (non-hydrogen) atoms. The summed E-state index contributed by atoms with van der Waals surface area (Å²) in [4.78, 5) is 2.58. The molecular formula is C7H18Cl3N3. The van der Waals surface area contributed by atoms with Gasteiger partial charge in [-0.15, -0.1) is 37.2 Å². The first-order valence-corrected chi connectivity index (χ1v) is 4.12. The topological polar surface area (TPSA) is 27.3 Å². The van der Waals surface area contributed by atoms with Crippen LogP contribution in [0.5, 0.6) is 0 Å². The Kier molecular flexibility index (Phi) is 10.1. The van der Waals surface area contributed by atoms with E-state index < -0.39 is 0 Å². The Labute approximate surface area is 98.2 Å². The molecule has 0 saturated carbocycles. The Morgan fingerprint density at radius 1 is 0.846 bits per heavy atom. The van der Waals surface area contributed by atoms with Gasteiger partial charge in [-0.1, -0.05) is 0 Å². The molecule has 0 bridgehead atoms. The Morgan fingerprint density at radius 2 is 1.38 bits per heavy atom. The van der Waals surface area contributed by atoms with Gasteiger partial charge in [0.2, 0.25) is 0 Å². The van der Waals surface area contributed by atoms with Gasteiger partial charge in [-0.2, -0.15) is 0 Å². The zero-order chi connectivity index (χ0) is 6.81. The molecular weight excluding hydrogens is 232 g/mol. The van der Waals surface area contributed by atoms with Gasteiger partial charge in [0.15, 0.2) is 0 Å². The van der Waals surface area contributed by atoms with Crippen molar-refractivity contribution in [3.63, 3.8) is 0 Å². The van der Waals surface area contributed by atoms with Gasteiger partial charge in [-0.05, 0) is 0 Å². The molecule has 2 heterocycles. The largest absolute Gasteiger partial charge is 0.314 e. The summed E-state index contributed by atoms with van der Waals surface area (Å²) in [6.07, 6.45) is 0. The molecule has 0 aliphatic carbocycles. The van der Waals surface area contributed by atoms with Crippen molar-refractivity contribution in [3.05, 3.63) is 0 Å². The lowest BCUT2D eigenvalue weighted by Gasteiger charge is -2.40. The molecule has 2 N–H and O–H groups in total. The van der Waals surface area contributed by atoms with Gasteiger partial charge < -0.3 is 10.6 Å². The Bertz CT molecular complexity index is 116. The second-order valence-electron chi connectivity index (χ2n) is 3.10. The maximum absolute atomic E-state index is 3.36. The lowest BCUT2D eigenvalue weighted by atomic mass is 10.1. The molecule has 0 aromatic heterocycles. The maximum atomic E-state index is 3.36. The number of nitrogens with zero attached hydrogens (tertiary/aromatic N) is 1. The van der Waals surface area contributed by atoms with Crippen LogP contribution in [0.15, 0.2) is 0 Å². The number of nitrogens with one attached hydrogen (secondary N) is 2. The summed E-state index contributed by atoms with van der Waals surface area (Å²) in [5.74, 6) is 0. The average Bonchev–Trinajstić information content (AvgIpc) is 1.86. The number of hydrogen-bond donors (Lipinski definition) is 2. The Balaban J connectivity index is 0. The molecule has 0 aromatic carbocycles.